The van der Waals surface area contributed by atoms with E-state index >= 15 is 0 Å². The molecule has 2 heterocycles. The Morgan fingerprint density at radius 1 is 1.19 bits per heavy atom. The number of likely N-dealkylation sites (tertiary alicyclic amines) is 1. The Morgan fingerprint density at radius 3 is 2.41 bits per heavy atom. The molecule has 4 rings (SSSR count). The van der Waals surface area contributed by atoms with Gasteiger partial charge in [0.25, 0.3) is 5.91 Å². The molecule has 10 heteroatoms. The minimum Gasteiger partial charge on any atom is -0.406 e. The minimum absolute atomic E-state index is 0.0333. The summed E-state index contributed by atoms with van der Waals surface area (Å²) in [5.74, 6) is 0.118. The largest absolute Gasteiger partial charge is 0.573 e. The van der Waals surface area contributed by atoms with Gasteiger partial charge in [-0.05, 0) is 55.9 Å². The van der Waals surface area contributed by atoms with Crippen LogP contribution < -0.4 is 10.1 Å². The number of halogens is 3. The lowest BCUT2D eigenvalue weighted by Crippen LogP contribution is -2.57. The Morgan fingerprint density at radius 2 is 1.84 bits per heavy atom. The Hall–Kier alpha value is -2.88. The first kappa shape index (κ1) is 22.3. The Bertz CT molecular complexity index is 979. The van der Waals surface area contributed by atoms with E-state index in [4.69, 9.17) is 0 Å². The van der Waals surface area contributed by atoms with Crippen LogP contribution in [0.3, 0.4) is 0 Å². The smallest absolute Gasteiger partial charge is 0.406 e. The summed E-state index contributed by atoms with van der Waals surface area (Å²) in [5, 5.41) is 13.0. The van der Waals surface area contributed by atoms with Crippen LogP contribution in [-0.2, 0) is 6.54 Å². The van der Waals surface area contributed by atoms with Gasteiger partial charge in [0, 0.05) is 37.9 Å². The van der Waals surface area contributed by atoms with Crippen LogP contribution in [0.1, 0.15) is 54.1 Å². The Balaban J connectivity index is 1.37. The van der Waals surface area contributed by atoms with Gasteiger partial charge in [0.1, 0.15) is 5.75 Å². The van der Waals surface area contributed by atoms with Crippen molar-refractivity contribution in [2.24, 2.45) is 5.92 Å². The van der Waals surface area contributed by atoms with Crippen molar-refractivity contribution in [2.75, 3.05) is 18.4 Å². The zero-order chi connectivity index (χ0) is 23.1. The second kappa shape index (κ2) is 8.23. The normalized spacial score (nSPS) is 17.1. The van der Waals surface area contributed by atoms with Gasteiger partial charge in [-0.2, -0.15) is 0 Å². The summed E-state index contributed by atoms with van der Waals surface area (Å²) in [6.45, 7) is 4.61. The maximum Gasteiger partial charge on any atom is 0.573 e. The molecule has 1 aliphatic heterocycles. The average Bonchev–Trinajstić information content (AvgIpc) is 3.48. The molecular formula is C22H25F3N4O3. The fourth-order valence-electron chi connectivity index (χ4n) is 3.62. The van der Waals surface area contributed by atoms with E-state index in [-0.39, 0.29) is 36.0 Å². The molecule has 0 bridgehead atoms. The number of carbonyl (C=O) groups is 1. The third-order valence-corrected chi connectivity index (χ3v) is 5.79. The molecule has 0 unspecified atom stereocenters. The Kier molecular flexibility index (Phi) is 5.74. The molecule has 172 valence electrons. The van der Waals surface area contributed by atoms with Crippen molar-refractivity contribution in [2.45, 2.75) is 51.1 Å². The summed E-state index contributed by atoms with van der Waals surface area (Å²) in [6.07, 6.45) is -0.0213. The number of alkyl halides is 3. The van der Waals surface area contributed by atoms with Crippen molar-refractivity contribution in [1.82, 2.24) is 14.9 Å². The van der Waals surface area contributed by atoms with Crippen molar-refractivity contribution in [3.8, 4) is 5.75 Å². The number of carbonyl (C=O) groups excluding carboxylic acids is 1. The number of rotatable bonds is 7. The van der Waals surface area contributed by atoms with Crippen LogP contribution >= 0.6 is 0 Å². The number of ether oxygens (including phenoxy) is 1. The van der Waals surface area contributed by atoms with Crippen LogP contribution in [0.4, 0.5) is 19.1 Å². The van der Waals surface area contributed by atoms with Crippen molar-refractivity contribution in [3.63, 3.8) is 0 Å². The van der Waals surface area contributed by atoms with Crippen LogP contribution in [0.25, 0.3) is 0 Å². The topological polar surface area (TPSA) is 87.6 Å². The number of hydrogen-bond acceptors (Lipinski definition) is 6. The number of amides is 1. The zero-order valence-electron chi connectivity index (χ0n) is 17.8. The van der Waals surface area contributed by atoms with Crippen LogP contribution in [-0.4, -0.2) is 50.9 Å². The first-order chi connectivity index (χ1) is 15.0. The van der Waals surface area contributed by atoms with E-state index < -0.39 is 12.0 Å². The highest BCUT2D eigenvalue weighted by Gasteiger charge is 2.40. The van der Waals surface area contributed by atoms with Gasteiger partial charge in [0.15, 0.2) is 0 Å². The average molecular weight is 450 g/mol. The van der Waals surface area contributed by atoms with E-state index in [9.17, 15) is 23.1 Å². The SMILES string of the molecule is CC(C)(O)C1CN(C(=O)c2cnc(NCc3cc(OC(F)(F)F)cc(C4CC4)c3)nc2)C1. The predicted octanol–water partition coefficient (Wildman–Crippen LogP) is 3.71. The molecule has 0 spiro atoms. The summed E-state index contributed by atoms with van der Waals surface area (Å²) in [6, 6.07) is 4.63. The summed E-state index contributed by atoms with van der Waals surface area (Å²) in [7, 11) is 0. The second-order valence-corrected chi connectivity index (χ2v) is 8.94. The number of anilines is 1. The fourth-order valence-corrected chi connectivity index (χ4v) is 3.62. The molecule has 1 aliphatic carbocycles. The monoisotopic (exact) mass is 450 g/mol. The van der Waals surface area contributed by atoms with E-state index in [1.54, 1.807) is 18.7 Å². The van der Waals surface area contributed by atoms with Crippen LogP contribution in [0.5, 0.6) is 5.75 Å². The minimum atomic E-state index is -4.75. The molecule has 7 nitrogen and oxygen atoms in total. The van der Waals surface area contributed by atoms with Crippen molar-refractivity contribution in [1.29, 1.82) is 0 Å². The number of hydrogen-bond donors (Lipinski definition) is 2. The molecule has 1 saturated carbocycles. The molecule has 1 amide bonds. The molecule has 2 fully saturated rings. The first-order valence-electron chi connectivity index (χ1n) is 10.4. The van der Waals surface area contributed by atoms with E-state index in [0.717, 1.165) is 18.4 Å². The molecule has 2 N–H and O–H groups in total. The number of nitrogens with zero attached hydrogens (tertiary/aromatic N) is 3. The van der Waals surface area contributed by atoms with Gasteiger partial charge in [-0.1, -0.05) is 6.07 Å². The number of aliphatic hydroxyl groups is 1. The highest BCUT2D eigenvalue weighted by molar-refractivity contribution is 5.94. The fraction of sp³-hybridized carbons (Fsp3) is 0.500. The lowest BCUT2D eigenvalue weighted by Gasteiger charge is -2.45. The predicted molar refractivity (Wildman–Crippen MR) is 110 cm³/mol. The van der Waals surface area contributed by atoms with E-state index in [2.05, 4.69) is 20.0 Å². The molecule has 1 aromatic heterocycles. The van der Waals surface area contributed by atoms with Gasteiger partial charge in [-0.3, -0.25) is 4.79 Å². The molecular weight excluding hydrogens is 425 g/mol. The number of nitrogens with one attached hydrogen (secondary N) is 1. The lowest BCUT2D eigenvalue weighted by atomic mass is 9.84. The molecule has 2 aromatic rings. The number of aromatic nitrogens is 2. The van der Waals surface area contributed by atoms with Crippen LogP contribution in [0.2, 0.25) is 0 Å². The highest BCUT2D eigenvalue weighted by Crippen LogP contribution is 2.42. The lowest BCUT2D eigenvalue weighted by molar-refractivity contribution is -0.274. The molecule has 1 aromatic carbocycles. The van der Waals surface area contributed by atoms with Crippen LogP contribution in [0.15, 0.2) is 30.6 Å². The third-order valence-electron chi connectivity index (χ3n) is 5.79. The third kappa shape index (κ3) is 5.48. The summed E-state index contributed by atoms with van der Waals surface area (Å²) in [5.41, 5.74) is 0.949. The van der Waals surface area contributed by atoms with Crippen molar-refractivity contribution < 1.29 is 27.8 Å². The van der Waals surface area contributed by atoms with Gasteiger partial charge >= 0.3 is 6.36 Å². The van der Waals surface area contributed by atoms with E-state index in [0.29, 0.717) is 24.2 Å². The molecule has 1 saturated heterocycles. The van der Waals surface area contributed by atoms with Crippen molar-refractivity contribution in [3.05, 3.63) is 47.3 Å². The highest BCUT2D eigenvalue weighted by atomic mass is 19.4. The maximum absolute atomic E-state index is 12.6. The maximum atomic E-state index is 12.6. The first-order valence-corrected chi connectivity index (χ1v) is 10.4. The van der Waals surface area contributed by atoms with Crippen molar-refractivity contribution >= 4 is 11.9 Å². The van der Waals surface area contributed by atoms with Gasteiger partial charge < -0.3 is 20.1 Å². The molecule has 2 aliphatic rings. The second-order valence-electron chi connectivity index (χ2n) is 8.94. The standard InChI is InChI=1S/C22H25F3N4O3/c1-21(2,31)17-11-29(12-17)19(30)16-9-27-20(28-10-16)26-8-13-5-15(14-3-4-14)7-18(6-13)32-22(23,24)25/h5-7,9-10,14,17,31H,3-4,8,11-12H2,1-2H3,(H,26,27,28). The van der Waals surface area contributed by atoms with Crippen LogP contribution in [0, 0.1) is 5.92 Å². The Labute approximate surface area is 183 Å². The van der Waals surface area contributed by atoms with E-state index in [1.165, 1.54) is 24.5 Å². The molecule has 32 heavy (non-hydrogen) atoms. The van der Waals surface area contributed by atoms with Gasteiger partial charge in [0.2, 0.25) is 5.95 Å². The summed E-state index contributed by atoms with van der Waals surface area (Å²) >= 11 is 0. The van der Waals surface area contributed by atoms with Gasteiger partial charge in [-0.15, -0.1) is 13.2 Å². The molecule has 0 radical (unpaired) electrons. The number of benzene rings is 1. The molecule has 0 atom stereocenters. The van der Waals surface area contributed by atoms with E-state index in [1.807, 2.05) is 6.07 Å². The van der Waals surface area contributed by atoms with Gasteiger partial charge in [0.05, 0.1) is 11.2 Å². The summed E-state index contributed by atoms with van der Waals surface area (Å²) < 4.78 is 42.0. The van der Waals surface area contributed by atoms with Gasteiger partial charge in [-0.25, -0.2) is 9.97 Å². The zero-order valence-corrected chi connectivity index (χ0v) is 17.8. The quantitative estimate of drug-likeness (QED) is 0.669. The summed E-state index contributed by atoms with van der Waals surface area (Å²) in [4.78, 5) is 22.4.